The summed E-state index contributed by atoms with van der Waals surface area (Å²) < 4.78 is 0. The molecule has 1 aliphatic rings. The quantitative estimate of drug-likeness (QED) is 0.585. The third kappa shape index (κ3) is 0.835. The van der Waals surface area contributed by atoms with Crippen molar-refractivity contribution in [1.29, 1.82) is 0 Å². The Morgan fingerprint density at radius 3 is 2.73 bits per heavy atom. The fourth-order valence-electron chi connectivity index (χ4n) is 1.33. The van der Waals surface area contributed by atoms with Crippen LogP contribution in [0.5, 0.6) is 0 Å². The summed E-state index contributed by atoms with van der Waals surface area (Å²) in [6.45, 7) is 0. The van der Waals surface area contributed by atoms with Gasteiger partial charge in [-0.15, -0.1) is 0 Å². The molecule has 2 rings (SSSR count). The van der Waals surface area contributed by atoms with Gasteiger partial charge in [0, 0.05) is 0 Å². The fraction of sp³-hybridized carbons (Fsp3) is 0.111. The maximum absolute atomic E-state index is 9.26. The molecule has 1 aromatic rings. The average Bonchev–Trinajstić information content (AvgIpc) is 2.30. The zero-order chi connectivity index (χ0) is 7.84. The molecule has 0 heterocycles. The number of hydrogen-bond donors (Lipinski definition) is 2. The molecule has 2 nitrogen and oxygen atoms in total. The molecule has 0 aromatic heterocycles. The second-order valence-electron chi connectivity index (χ2n) is 2.68. The second kappa shape index (κ2) is 2.10. The number of rotatable bonds is 0. The van der Waals surface area contributed by atoms with Gasteiger partial charge in [0.25, 0.3) is 0 Å². The highest BCUT2D eigenvalue weighted by atomic mass is 16.3. The summed E-state index contributed by atoms with van der Waals surface area (Å²) in [4.78, 5) is 0. The van der Waals surface area contributed by atoms with E-state index < -0.39 is 0 Å². The lowest BCUT2D eigenvalue weighted by Gasteiger charge is -2.04. The topological polar surface area (TPSA) is 46.2 Å². The van der Waals surface area contributed by atoms with Crippen LogP contribution in [-0.2, 0) is 0 Å². The maximum Gasteiger partial charge on any atom is 0.114 e. The summed E-state index contributed by atoms with van der Waals surface area (Å²) in [5.41, 5.74) is 7.70. The van der Waals surface area contributed by atoms with Gasteiger partial charge in [-0.25, -0.2) is 0 Å². The molecule has 0 amide bonds. The van der Waals surface area contributed by atoms with Gasteiger partial charge < -0.3 is 10.8 Å². The third-order valence-electron chi connectivity index (χ3n) is 1.95. The van der Waals surface area contributed by atoms with Crippen molar-refractivity contribution in [3.05, 3.63) is 41.2 Å². The van der Waals surface area contributed by atoms with E-state index in [1.807, 2.05) is 24.3 Å². The molecule has 0 saturated heterocycles. The van der Waals surface area contributed by atoms with E-state index in [-0.39, 0.29) is 11.8 Å². The highest BCUT2D eigenvalue weighted by Gasteiger charge is 2.19. The Hall–Kier alpha value is -1.28. The molecule has 3 N–H and O–H groups in total. The minimum atomic E-state index is -0.314. The van der Waals surface area contributed by atoms with Crippen LogP contribution in [0.25, 0.3) is 6.08 Å². The van der Waals surface area contributed by atoms with Gasteiger partial charge in [0.2, 0.25) is 0 Å². The van der Waals surface area contributed by atoms with Crippen molar-refractivity contribution in [3.63, 3.8) is 0 Å². The van der Waals surface area contributed by atoms with Crippen molar-refractivity contribution in [1.82, 2.24) is 0 Å². The first kappa shape index (κ1) is 6.43. The molecular weight excluding hydrogens is 138 g/mol. The Morgan fingerprint density at radius 2 is 2.00 bits per heavy atom. The van der Waals surface area contributed by atoms with Crippen LogP contribution in [0.2, 0.25) is 0 Å². The van der Waals surface area contributed by atoms with Crippen LogP contribution in [0.1, 0.15) is 17.2 Å². The molecule has 0 fully saturated rings. The van der Waals surface area contributed by atoms with Crippen LogP contribution >= 0.6 is 0 Å². The van der Waals surface area contributed by atoms with Gasteiger partial charge in [0.05, 0.1) is 6.04 Å². The second-order valence-corrected chi connectivity index (χ2v) is 2.68. The zero-order valence-corrected chi connectivity index (χ0v) is 5.99. The van der Waals surface area contributed by atoms with Gasteiger partial charge in [-0.05, 0) is 17.2 Å². The molecule has 11 heavy (non-hydrogen) atoms. The predicted molar refractivity (Wildman–Crippen MR) is 44.0 cm³/mol. The Kier molecular flexibility index (Phi) is 1.23. The van der Waals surface area contributed by atoms with Gasteiger partial charge in [0.1, 0.15) is 5.76 Å². The molecule has 0 aliphatic heterocycles. The molecule has 0 bridgehead atoms. The first-order valence-corrected chi connectivity index (χ1v) is 3.54. The summed E-state index contributed by atoms with van der Waals surface area (Å²) in [5.74, 6) is 0.256. The molecule has 2 heteroatoms. The minimum absolute atomic E-state index is 0.256. The highest BCUT2D eigenvalue weighted by molar-refractivity contribution is 5.63. The van der Waals surface area contributed by atoms with Gasteiger partial charge in [-0.1, -0.05) is 24.3 Å². The first-order chi connectivity index (χ1) is 5.29. The molecule has 0 spiro atoms. The van der Waals surface area contributed by atoms with Crippen LogP contribution in [-0.4, -0.2) is 5.11 Å². The first-order valence-electron chi connectivity index (χ1n) is 3.54. The molecule has 56 valence electrons. The standard InChI is InChI=1S/C9H9NO/c10-9-7-4-2-1-3-6(7)5-8(9)11/h1-5,9,11H,10H2/t9-/m0/s1. The number of benzene rings is 1. The number of hydrogen-bond acceptors (Lipinski definition) is 2. The molecule has 0 saturated carbocycles. The van der Waals surface area contributed by atoms with Crippen LogP contribution in [0.3, 0.4) is 0 Å². The molecule has 0 radical (unpaired) electrons. The monoisotopic (exact) mass is 147 g/mol. The van der Waals surface area contributed by atoms with Crippen LogP contribution in [0.15, 0.2) is 30.0 Å². The maximum atomic E-state index is 9.26. The van der Waals surface area contributed by atoms with Crippen LogP contribution < -0.4 is 5.73 Å². The highest BCUT2D eigenvalue weighted by Crippen LogP contribution is 2.29. The van der Waals surface area contributed by atoms with E-state index in [0.717, 1.165) is 11.1 Å². The molecule has 1 atom stereocenters. The summed E-state index contributed by atoms with van der Waals surface area (Å²) in [6, 6.07) is 7.41. The lowest BCUT2D eigenvalue weighted by atomic mass is 10.1. The van der Waals surface area contributed by atoms with E-state index in [2.05, 4.69) is 0 Å². The van der Waals surface area contributed by atoms with Crippen LogP contribution in [0, 0.1) is 0 Å². The summed E-state index contributed by atoms with van der Waals surface area (Å²) in [7, 11) is 0. The van der Waals surface area contributed by atoms with Crippen molar-refractivity contribution in [2.75, 3.05) is 0 Å². The SMILES string of the molecule is N[C@@H]1C(O)=Cc2ccccc21. The van der Waals surface area contributed by atoms with Crippen molar-refractivity contribution >= 4 is 6.08 Å². The van der Waals surface area contributed by atoms with E-state index >= 15 is 0 Å². The summed E-state index contributed by atoms with van der Waals surface area (Å²) in [6.07, 6.45) is 1.71. The van der Waals surface area contributed by atoms with Crippen molar-refractivity contribution in [2.45, 2.75) is 6.04 Å². The zero-order valence-electron chi connectivity index (χ0n) is 5.99. The van der Waals surface area contributed by atoms with Crippen molar-refractivity contribution in [2.24, 2.45) is 5.73 Å². The molecule has 1 aliphatic carbocycles. The van der Waals surface area contributed by atoms with Gasteiger partial charge in [-0.2, -0.15) is 0 Å². The van der Waals surface area contributed by atoms with E-state index in [9.17, 15) is 5.11 Å². The van der Waals surface area contributed by atoms with Gasteiger partial charge in [0.15, 0.2) is 0 Å². The van der Waals surface area contributed by atoms with Gasteiger partial charge in [-0.3, -0.25) is 0 Å². The number of aliphatic hydroxyl groups excluding tert-OH is 1. The Labute approximate surface area is 65.0 Å². The minimum Gasteiger partial charge on any atom is -0.510 e. The molecule has 0 unspecified atom stereocenters. The molecular formula is C9H9NO. The lowest BCUT2D eigenvalue weighted by Crippen LogP contribution is -2.09. The van der Waals surface area contributed by atoms with Gasteiger partial charge >= 0.3 is 0 Å². The Balaban J connectivity index is 2.58. The number of nitrogens with two attached hydrogens (primary N) is 1. The van der Waals surface area contributed by atoms with Crippen molar-refractivity contribution in [3.8, 4) is 0 Å². The number of aliphatic hydroxyl groups is 1. The van der Waals surface area contributed by atoms with E-state index in [4.69, 9.17) is 5.73 Å². The smallest absolute Gasteiger partial charge is 0.114 e. The largest absolute Gasteiger partial charge is 0.510 e. The lowest BCUT2D eigenvalue weighted by molar-refractivity contribution is 0.380. The summed E-state index contributed by atoms with van der Waals surface area (Å²) in [5, 5.41) is 9.26. The van der Waals surface area contributed by atoms with Crippen LogP contribution in [0.4, 0.5) is 0 Å². The molecule has 1 aromatic carbocycles. The fourth-order valence-corrected chi connectivity index (χ4v) is 1.33. The predicted octanol–water partition coefficient (Wildman–Crippen LogP) is 1.60. The van der Waals surface area contributed by atoms with Crippen molar-refractivity contribution < 1.29 is 5.11 Å². The summed E-state index contributed by atoms with van der Waals surface area (Å²) >= 11 is 0. The Morgan fingerprint density at radius 1 is 1.27 bits per heavy atom. The third-order valence-corrected chi connectivity index (χ3v) is 1.95. The van der Waals surface area contributed by atoms with E-state index in [1.54, 1.807) is 6.08 Å². The normalized spacial score (nSPS) is 21.2. The van der Waals surface area contributed by atoms with E-state index in [0.29, 0.717) is 0 Å². The van der Waals surface area contributed by atoms with E-state index in [1.165, 1.54) is 0 Å². The number of fused-ring (bicyclic) bond motifs is 1. The average molecular weight is 147 g/mol. The Bertz CT molecular complexity index is 317.